The van der Waals surface area contributed by atoms with Crippen LogP contribution in [0, 0.1) is 12.8 Å². The zero-order valence-electron chi connectivity index (χ0n) is 11.8. The van der Waals surface area contributed by atoms with Crippen LogP contribution in [0.4, 0.5) is 11.6 Å². The Balaban J connectivity index is 1.93. The SMILES string of the molecule is CCN(CC1CC1)c1nc(C2CC2)nc(NN)c1C. The van der Waals surface area contributed by atoms with Crippen molar-refractivity contribution in [1.82, 2.24) is 9.97 Å². The summed E-state index contributed by atoms with van der Waals surface area (Å²) >= 11 is 0. The Morgan fingerprint density at radius 1 is 1.26 bits per heavy atom. The zero-order chi connectivity index (χ0) is 13.4. The quantitative estimate of drug-likeness (QED) is 0.607. The van der Waals surface area contributed by atoms with Crippen molar-refractivity contribution in [2.24, 2.45) is 11.8 Å². The molecule has 1 aromatic rings. The number of nitrogens with zero attached hydrogens (tertiary/aromatic N) is 3. The normalized spacial score (nSPS) is 18.5. The molecule has 2 saturated carbocycles. The molecule has 2 aliphatic rings. The van der Waals surface area contributed by atoms with Crippen molar-refractivity contribution in [2.45, 2.75) is 45.4 Å². The lowest BCUT2D eigenvalue weighted by Gasteiger charge is -2.25. The highest BCUT2D eigenvalue weighted by atomic mass is 15.3. The minimum atomic E-state index is 0.547. The number of nitrogens with one attached hydrogen (secondary N) is 1. The summed E-state index contributed by atoms with van der Waals surface area (Å²) < 4.78 is 0. The van der Waals surface area contributed by atoms with Gasteiger partial charge in [-0.3, -0.25) is 0 Å². The lowest BCUT2D eigenvalue weighted by atomic mass is 10.2. The minimum Gasteiger partial charge on any atom is -0.356 e. The summed E-state index contributed by atoms with van der Waals surface area (Å²) in [6.07, 6.45) is 5.14. The van der Waals surface area contributed by atoms with E-state index in [2.05, 4.69) is 29.2 Å². The van der Waals surface area contributed by atoms with Crippen molar-refractivity contribution in [2.75, 3.05) is 23.4 Å². The number of hydrogen-bond acceptors (Lipinski definition) is 5. The molecule has 5 nitrogen and oxygen atoms in total. The maximum Gasteiger partial charge on any atom is 0.148 e. The summed E-state index contributed by atoms with van der Waals surface area (Å²) in [5.41, 5.74) is 3.79. The van der Waals surface area contributed by atoms with E-state index >= 15 is 0 Å². The van der Waals surface area contributed by atoms with Gasteiger partial charge in [-0.15, -0.1) is 0 Å². The van der Waals surface area contributed by atoms with Crippen molar-refractivity contribution in [3.05, 3.63) is 11.4 Å². The highest BCUT2D eigenvalue weighted by Gasteiger charge is 2.30. The number of rotatable bonds is 6. The van der Waals surface area contributed by atoms with Gasteiger partial charge >= 0.3 is 0 Å². The summed E-state index contributed by atoms with van der Waals surface area (Å²) in [7, 11) is 0. The Labute approximate surface area is 114 Å². The lowest BCUT2D eigenvalue weighted by molar-refractivity contribution is 0.722. The molecule has 0 aliphatic heterocycles. The van der Waals surface area contributed by atoms with Crippen LogP contribution in [0.2, 0.25) is 0 Å². The largest absolute Gasteiger partial charge is 0.356 e. The van der Waals surface area contributed by atoms with Gasteiger partial charge in [0.1, 0.15) is 17.5 Å². The Morgan fingerprint density at radius 3 is 2.53 bits per heavy atom. The molecular weight excluding hydrogens is 238 g/mol. The average Bonchev–Trinajstić information content (AvgIpc) is 3.28. The molecule has 0 atom stereocenters. The highest BCUT2D eigenvalue weighted by Crippen LogP contribution is 2.40. The molecule has 1 heterocycles. The van der Waals surface area contributed by atoms with Gasteiger partial charge in [0, 0.05) is 24.6 Å². The van der Waals surface area contributed by atoms with E-state index in [1.54, 1.807) is 0 Å². The molecular formula is C14H23N5. The number of anilines is 2. The topological polar surface area (TPSA) is 67.1 Å². The molecule has 2 aliphatic carbocycles. The van der Waals surface area contributed by atoms with Crippen molar-refractivity contribution in [1.29, 1.82) is 0 Å². The number of hydrazine groups is 1. The van der Waals surface area contributed by atoms with Gasteiger partial charge < -0.3 is 10.3 Å². The van der Waals surface area contributed by atoms with Gasteiger partial charge in [-0.25, -0.2) is 15.8 Å². The first-order valence-corrected chi connectivity index (χ1v) is 7.33. The Bertz CT molecular complexity index is 465. The number of aromatic nitrogens is 2. The summed E-state index contributed by atoms with van der Waals surface area (Å²) in [5.74, 6) is 9.82. The molecule has 0 amide bonds. The van der Waals surface area contributed by atoms with E-state index in [-0.39, 0.29) is 0 Å². The van der Waals surface area contributed by atoms with Crippen molar-refractivity contribution < 1.29 is 0 Å². The predicted octanol–water partition coefficient (Wildman–Crippen LogP) is 2.18. The maximum atomic E-state index is 5.61. The Hall–Kier alpha value is -1.36. The minimum absolute atomic E-state index is 0.547. The highest BCUT2D eigenvalue weighted by molar-refractivity contribution is 5.58. The second-order valence-electron chi connectivity index (χ2n) is 5.78. The Kier molecular flexibility index (Phi) is 3.31. The third-order valence-corrected chi connectivity index (χ3v) is 4.07. The van der Waals surface area contributed by atoms with E-state index in [4.69, 9.17) is 10.8 Å². The fourth-order valence-electron chi connectivity index (χ4n) is 2.47. The number of nitrogens with two attached hydrogens (primary N) is 1. The third-order valence-electron chi connectivity index (χ3n) is 4.07. The van der Waals surface area contributed by atoms with Gasteiger partial charge in [0.2, 0.25) is 0 Å². The van der Waals surface area contributed by atoms with Crippen LogP contribution in [-0.2, 0) is 0 Å². The van der Waals surface area contributed by atoms with Crippen LogP contribution in [0.1, 0.15) is 49.9 Å². The van der Waals surface area contributed by atoms with Gasteiger partial charge in [-0.2, -0.15) is 0 Å². The van der Waals surface area contributed by atoms with E-state index in [9.17, 15) is 0 Å². The molecule has 3 N–H and O–H groups in total. The van der Waals surface area contributed by atoms with Gasteiger partial charge in [-0.05, 0) is 45.4 Å². The molecule has 1 aromatic heterocycles. The van der Waals surface area contributed by atoms with Crippen molar-refractivity contribution in [3.63, 3.8) is 0 Å². The van der Waals surface area contributed by atoms with Crippen molar-refractivity contribution >= 4 is 11.6 Å². The van der Waals surface area contributed by atoms with Crippen LogP contribution in [0.25, 0.3) is 0 Å². The summed E-state index contributed by atoms with van der Waals surface area (Å²) in [5, 5.41) is 0. The van der Waals surface area contributed by atoms with E-state index in [1.807, 2.05) is 0 Å². The first-order chi connectivity index (χ1) is 9.22. The van der Waals surface area contributed by atoms with Gasteiger partial charge in [0.25, 0.3) is 0 Å². The predicted molar refractivity (Wildman–Crippen MR) is 77.2 cm³/mol. The molecule has 0 unspecified atom stereocenters. The summed E-state index contributed by atoms with van der Waals surface area (Å²) in [4.78, 5) is 11.7. The fraction of sp³-hybridized carbons (Fsp3) is 0.714. The molecule has 0 radical (unpaired) electrons. The van der Waals surface area contributed by atoms with E-state index in [1.165, 1.54) is 25.7 Å². The van der Waals surface area contributed by atoms with E-state index in [0.29, 0.717) is 5.92 Å². The van der Waals surface area contributed by atoms with Gasteiger partial charge in [-0.1, -0.05) is 0 Å². The molecule has 0 aromatic carbocycles. The second-order valence-corrected chi connectivity index (χ2v) is 5.78. The third kappa shape index (κ3) is 2.66. The van der Waals surface area contributed by atoms with Crippen LogP contribution >= 0.6 is 0 Å². The molecule has 104 valence electrons. The molecule has 2 fully saturated rings. The molecule has 19 heavy (non-hydrogen) atoms. The summed E-state index contributed by atoms with van der Waals surface area (Å²) in [6, 6.07) is 0. The van der Waals surface area contributed by atoms with Crippen LogP contribution in [0.5, 0.6) is 0 Å². The van der Waals surface area contributed by atoms with E-state index < -0.39 is 0 Å². The smallest absolute Gasteiger partial charge is 0.148 e. The van der Waals surface area contributed by atoms with Crippen molar-refractivity contribution in [3.8, 4) is 0 Å². The standard InChI is InChI=1S/C14H23N5/c1-3-19(8-10-4-5-10)14-9(2)12(18-15)16-13(17-14)11-6-7-11/h10-11H,3-8,15H2,1-2H3,(H,16,17,18). The zero-order valence-corrected chi connectivity index (χ0v) is 11.8. The Morgan fingerprint density at radius 2 is 2.00 bits per heavy atom. The number of nitrogen functional groups attached to an aromatic ring is 1. The van der Waals surface area contributed by atoms with Crippen LogP contribution in [0.15, 0.2) is 0 Å². The summed E-state index contributed by atoms with van der Waals surface area (Å²) in [6.45, 7) is 6.35. The maximum absolute atomic E-state index is 5.61. The fourth-order valence-corrected chi connectivity index (χ4v) is 2.47. The second kappa shape index (κ2) is 4.96. The molecule has 5 heteroatoms. The van der Waals surface area contributed by atoms with Crippen LogP contribution in [-0.4, -0.2) is 23.1 Å². The monoisotopic (exact) mass is 261 g/mol. The number of hydrogen-bond donors (Lipinski definition) is 2. The van der Waals surface area contributed by atoms with Crippen LogP contribution < -0.4 is 16.2 Å². The molecule has 0 spiro atoms. The molecule has 0 bridgehead atoms. The van der Waals surface area contributed by atoms with Crippen LogP contribution in [0.3, 0.4) is 0 Å². The van der Waals surface area contributed by atoms with E-state index in [0.717, 1.165) is 42.0 Å². The molecule has 3 rings (SSSR count). The first kappa shape index (κ1) is 12.7. The lowest BCUT2D eigenvalue weighted by Crippen LogP contribution is -2.28. The average molecular weight is 261 g/mol. The van der Waals surface area contributed by atoms with Gasteiger partial charge in [0.15, 0.2) is 0 Å². The first-order valence-electron chi connectivity index (χ1n) is 7.33. The molecule has 0 saturated heterocycles. The van der Waals surface area contributed by atoms with Gasteiger partial charge in [0.05, 0.1) is 0 Å².